The number of benzene rings is 2. The zero-order chi connectivity index (χ0) is 14.1. The molecule has 0 aliphatic rings. The molecule has 0 spiro atoms. The quantitative estimate of drug-likeness (QED) is 0.693. The van der Waals surface area contributed by atoms with Gasteiger partial charge in [-0.1, -0.05) is 39.3 Å². The maximum Gasteiger partial charge on any atom is 0.168 e. The lowest BCUT2D eigenvalue weighted by Crippen LogP contribution is -2.03. The number of rotatable bonds is 3. The van der Waals surface area contributed by atoms with Crippen LogP contribution in [-0.2, 0) is 13.5 Å². The van der Waals surface area contributed by atoms with Crippen LogP contribution in [0.1, 0.15) is 16.1 Å². The summed E-state index contributed by atoms with van der Waals surface area (Å²) >= 11 is 3.44. The number of Topliss-reactive ketones (excluding diaryl/α,β-unsaturated/α-hetero) is 1. The Balaban J connectivity index is 1.89. The highest BCUT2D eigenvalue weighted by molar-refractivity contribution is 9.10. The predicted molar refractivity (Wildman–Crippen MR) is 80.7 cm³/mol. The fraction of sp³-hybridized carbons (Fsp3) is 0.133. The first kappa shape index (κ1) is 13.0. The van der Waals surface area contributed by atoms with Crippen molar-refractivity contribution in [3.63, 3.8) is 0 Å². The molecule has 3 rings (SSSR count). The van der Waals surface area contributed by atoms with Gasteiger partial charge < -0.3 is 0 Å². The topological polar surface area (TPSA) is 47.8 Å². The number of hydrogen-bond acceptors (Lipinski definition) is 3. The van der Waals surface area contributed by atoms with Gasteiger partial charge in [-0.25, -0.2) is 0 Å². The molecule has 0 fully saturated rings. The molecule has 5 heteroatoms. The van der Waals surface area contributed by atoms with E-state index in [0.717, 1.165) is 15.2 Å². The summed E-state index contributed by atoms with van der Waals surface area (Å²) in [6.07, 6.45) is 2.03. The van der Waals surface area contributed by atoms with Gasteiger partial charge in [0, 0.05) is 23.3 Å². The summed E-state index contributed by atoms with van der Waals surface area (Å²) in [6, 6.07) is 11.7. The van der Waals surface area contributed by atoms with Crippen LogP contribution in [0.25, 0.3) is 10.8 Å². The van der Waals surface area contributed by atoms with Crippen molar-refractivity contribution >= 4 is 32.5 Å². The van der Waals surface area contributed by atoms with E-state index in [2.05, 4.69) is 26.2 Å². The molecule has 0 amide bonds. The smallest absolute Gasteiger partial charge is 0.168 e. The van der Waals surface area contributed by atoms with Crippen molar-refractivity contribution in [1.82, 2.24) is 15.0 Å². The summed E-state index contributed by atoms with van der Waals surface area (Å²) in [4.78, 5) is 12.2. The summed E-state index contributed by atoms with van der Waals surface area (Å²) in [7, 11) is 1.79. The van der Waals surface area contributed by atoms with Crippen molar-refractivity contribution in [2.75, 3.05) is 0 Å². The molecule has 0 aliphatic heterocycles. The molecular weight excluding hydrogens is 318 g/mol. The average molecular weight is 330 g/mol. The van der Waals surface area contributed by atoms with Crippen LogP contribution in [0.5, 0.6) is 0 Å². The zero-order valence-electron chi connectivity index (χ0n) is 10.9. The van der Waals surface area contributed by atoms with Crippen LogP contribution in [-0.4, -0.2) is 20.8 Å². The van der Waals surface area contributed by atoms with E-state index in [4.69, 9.17) is 0 Å². The number of hydrogen-bond donors (Lipinski definition) is 0. The highest BCUT2D eigenvalue weighted by Gasteiger charge is 2.10. The molecule has 0 atom stereocenters. The highest BCUT2D eigenvalue weighted by atomic mass is 79.9. The number of nitrogens with zero attached hydrogens (tertiary/aromatic N) is 3. The molecule has 0 bridgehead atoms. The van der Waals surface area contributed by atoms with Gasteiger partial charge in [-0.05, 0) is 29.0 Å². The van der Waals surface area contributed by atoms with Gasteiger partial charge in [0.15, 0.2) is 5.78 Å². The Morgan fingerprint density at radius 3 is 2.70 bits per heavy atom. The van der Waals surface area contributed by atoms with E-state index in [0.29, 0.717) is 11.3 Å². The number of ketones is 1. The third kappa shape index (κ3) is 2.63. The van der Waals surface area contributed by atoms with Crippen molar-refractivity contribution in [3.8, 4) is 0 Å². The summed E-state index contributed by atoms with van der Waals surface area (Å²) in [5, 5.41) is 9.93. The van der Waals surface area contributed by atoms with E-state index in [1.165, 1.54) is 0 Å². The first-order valence-corrected chi connectivity index (χ1v) is 6.99. The fourth-order valence-corrected chi connectivity index (χ4v) is 2.51. The Hall–Kier alpha value is -2.01. The van der Waals surface area contributed by atoms with Crippen LogP contribution in [0.2, 0.25) is 0 Å². The maximum atomic E-state index is 12.2. The van der Waals surface area contributed by atoms with Gasteiger partial charge in [-0.15, -0.1) is 5.10 Å². The minimum Gasteiger partial charge on any atom is -0.294 e. The first-order chi connectivity index (χ1) is 9.61. The van der Waals surface area contributed by atoms with Crippen molar-refractivity contribution in [1.29, 1.82) is 0 Å². The number of aromatic nitrogens is 3. The van der Waals surface area contributed by atoms with E-state index in [9.17, 15) is 4.79 Å². The Bertz CT molecular complexity index is 795. The molecule has 0 radical (unpaired) electrons. The first-order valence-electron chi connectivity index (χ1n) is 6.19. The third-order valence-electron chi connectivity index (χ3n) is 3.12. The second-order valence-corrected chi connectivity index (χ2v) is 5.61. The van der Waals surface area contributed by atoms with Crippen LogP contribution in [0, 0.1) is 0 Å². The molecule has 0 aliphatic carbocycles. The Morgan fingerprint density at radius 1 is 1.20 bits per heavy atom. The number of halogens is 1. The molecule has 1 aromatic heterocycles. The van der Waals surface area contributed by atoms with Crippen molar-refractivity contribution in [2.24, 2.45) is 7.05 Å². The molecule has 0 saturated carbocycles. The van der Waals surface area contributed by atoms with Crippen LogP contribution in [0.15, 0.2) is 47.1 Å². The summed E-state index contributed by atoms with van der Waals surface area (Å²) in [6.45, 7) is 0. The molecule has 2 aromatic carbocycles. The molecule has 100 valence electrons. The number of carbonyl (C=O) groups is 1. The second-order valence-electron chi connectivity index (χ2n) is 4.69. The van der Waals surface area contributed by atoms with Gasteiger partial charge in [0.1, 0.15) is 0 Å². The van der Waals surface area contributed by atoms with E-state index >= 15 is 0 Å². The van der Waals surface area contributed by atoms with E-state index in [-0.39, 0.29) is 12.2 Å². The lowest BCUT2D eigenvalue weighted by atomic mass is 10.0. The van der Waals surface area contributed by atoms with Gasteiger partial charge in [0.25, 0.3) is 0 Å². The maximum absolute atomic E-state index is 12.2. The fourth-order valence-electron chi connectivity index (χ4n) is 2.13. The van der Waals surface area contributed by atoms with Gasteiger partial charge >= 0.3 is 0 Å². The van der Waals surface area contributed by atoms with Crippen LogP contribution in [0.3, 0.4) is 0 Å². The summed E-state index contributed by atoms with van der Waals surface area (Å²) in [5.41, 5.74) is 1.39. The number of fused-ring (bicyclic) bond motifs is 1. The standard InChI is InChI=1S/C15H12BrN3O/c1-19-9-14(17-18-19)8-15(20)12-3-2-11-7-13(16)5-4-10(11)6-12/h2-7,9H,8H2,1H3. The van der Waals surface area contributed by atoms with Crippen LogP contribution < -0.4 is 0 Å². The largest absolute Gasteiger partial charge is 0.294 e. The van der Waals surface area contributed by atoms with E-state index in [1.54, 1.807) is 17.9 Å². The molecule has 1 heterocycles. The SMILES string of the molecule is Cn1cc(CC(=O)c2ccc3cc(Br)ccc3c2)nn1. The minimum absolute atomic E-state index is 0.0512. The number of aryl methyl sites for hydroxylation is 1. The van der Waals surface area contributed by atoms with Gasteiger partial charge in [-0.2, -0.15) is 0 Å². The zero-order valence-corrected chi connectivity index (χ0v) is 12.5. The van der Waals surface area contributed by atoms with Crippen molar-refractivity contribution < 1.29 is 4.79 Å². The van der Waals surface area contributed by atoms with Gasteiger partial charge in [-0.3, -0.25) is 9.48 Å². The predicted octanol–water partition coefficient (Wildman–Crippen LogP) is 3.16. The monoisotopic (exact) mass is 329 g/mol. The van der Waals surface area contributed by atoms with E-state index in [1.807, 2.05) is 36.4 Å². The lowest BCUT2D eigenvalue weighted by molar-refractivity contribution is 0.0992. The van der Waals surface area contributed by atoms with Crippen LogP contribution >= 0.6 is 15.9 Å². The Morgan fingerprint density at radius 2 is 1.95 bits per heavy atom. The van der Waals surface area contributed by atoms with E-state index < -0.39 is 0 Å². The Kier molecular flexibility index (Phi) is 3.36. The minimum atomic E-state index is 0.0512. The molecule has 20 heavy (non-hydrogen) atoms. The molecular formula is C15H12BrN3O. The third-order valence-corrected chi connectivity index (χ3v) is 3.61. The van der Waals surface area contributed by atoms with Crippen molar-refractivity contribution in [3.05, 3.63) is 58.3 Å². The number of carbonyl (C=O) groups excluding carboxylic acids is 1. The van der Waals surface area contributed by atoms with Gasteiger partial charge in [0.2, 0.25) is 0 Å². The Labute approximate surface area is 124 Å². The summed E-state index contributed by atoms with van der Waals surface area (Å²) < 4.78 is 2.63. The van der Waals surface area contributed by atoms with Gasteiger partial charge in [0.05, 0.1) is 12.1 Å². The van der Waals surface area contributed by atoms with Crippen molar-refractivity contribution in [2.45, 2.75) is 6.42 Å². The molecule has 0 unspecified atom stereocenters. The average Bonchev–Trinajstić information content (AvgIpc) is 2.83. The molecule has 0 saturated heterocycles. The highest BCUT2D eigenvalue weighted by Crippen LogP contribution is 2.21. The summed E-state index contributed by atoms with van der Waals surface area (Å²) in [5.74, 6) is 0.0512. The normalized spacial score (nSPS) is 10.9. The molecule has 4 nitrogen and oxygen atoms in total. The molecule has 0 N–H and O–H groups in total. The van der Waals surface area contributed by atoms with Crippen LogP contribution in [0.4, 0.5) is 0 Å². The molecule has 3 aromatic rings. The lowest BCUT2D eigenvalue weighted by Gasteiger charge is -2.03. The second kappa shape index (κ2) is 5.17.